The minimum atomic E-state index is -0.346. The normalized spacial score (nSPS) is 10.3. The van der Waals surface area contributed by atoms with Gasteiger partial charge in [0.05, 0.1) is 10.6 Å². The van der Waals surface area contributed by atoms with Crippen molar-refractivity contribution in [1.29, 1.82) is 5.26 Å². The lowest BCUT2D eigenvalue weighted by Crippen LogP contribution is -2.30. The number of hydrogen-bond donors (Lipinski definition) is 2. The van der Waals surface area contributed by atoms with Crippen LogP contribution in [-0.4, -0.2) is 24.0 Å². The topological polar surface area (TPSA) is 96.3 Å². The third-order valence-electron chi connectivity index (χ3n) is 5.99. The second kappa shape index (κ2) is 15.6. The van der Waals surface area contributed by atoms with Gasteiger partial charge in [-0.2, -0.15) is 5.26 Å². The van der Waals surface area contributed by atoms with E-state index in [0.29, 0.717) is 58.4 Å². The molecule has 1 aromatic heterocycles. The molecule has 2 N–H and O–H groups in total. The summed E-state index contributed by atoms with van der Waals surface area (Å²) in [6.45, 7) is 3.45. The highest BCUT2D eigenvalue weighted by molar-refractivity contribution is 6.34. The molecule has 4 aromatic rings. The molecule has 0 fully saturated rings. The molecule has 10 heteroatoms. The van der Waals surface area contributed by atoms with E-state index in [2.05, 4.69) is 21.7 Å². The van der Waals surface area contributed by atoms with Crippen LogP contribution in [0.15, 0.2) is 79.1 Å². The van der Waals surface area contributed by atoms with E-state index in [1.54, 1.807) is 42.6 Å². The molecule has 1 amide bonds. The van der Waals surface area contributed by atoms with Gasteiger partial charge in [0.25, 0.3) is 0 Å². The smallest absolute Gasteiger partial charge is 0.216 e. The molecule has 1 heterocycles. The Morgan fingerprint density at radius 3 is 2.56 bits per heavy atom. The van der Waals surface area contributed by atoms with Crippen LogP contribution in [0.1, 0.15) is 29.2 Å². The van der Waals surface area contributed by atoms with E-state index in [4.69, 9.17) is 26.3 Å². The zero-order valence-corrected chi connectivity index (χ0v) is 23.9. The molecule has 0 unspecified atom stereocenters. The van der Waals surface area contributed by atoms with Gasteiger partial charge in [-0.25, -0.2) is 4.39 Å². The maximum Gasteiger partial charge on any atom is 0.216 e. The number of nitriles is 1. The fourth-order valence-electron chi connectivity index (χ4n) is 3.98. The van der Waals surface area contributed by atoms with Crippen LogP contribution in [0.25, 0.3) is 11.1 Å². The Bertz CT molecular complexity index is 1530. The van der Waals surface area contributed by atoms with Gasteiger partial charge in [0.1, 0.15) is 36.6 Å². The molecule has 7 nitrogen and oxygen atoms in total. The second-order valence-corrected chi connectivity index (χ2v) is 9.34. The minimum Gasteiger partial charge on any atom is -0.489 e. The summed E-state index contributed by atoms with van der Waals surface area (Å²) in [6, 6.07) is 21.3. The molecule has 212 valence electrons. The lowest BCUT2D eigenvalue weighted by atomic mass is 10.0. The Labute approximate surface area is 249 Å². The molecule has 4 rings (SSSR count). The molecule has 0 aliphatic carbocycles. The van der Waals surface area contributed by atoms with Gasteiger partial charge in [0.2, 0.25) is 5.91 Å². The van der Waals surface area contributed by atoms with Crippen LogP contribution < -0.4 is 20.1 Å². The SMILES string of the molecule is CC(=O)NCCNCc1ccc(OCc2cccc(-c3ccccc3F)c2Cl)cc1OCc1cncc(C#N)c1.Cl. The first-order chi connectivity index (χ1) is 19.4. The summed E-state index contributed by atoms with van der Waals surface area (Å²) in [5.74, 6) is 0.729. The molecule has 0 bridgehead atoms. The van der Waals surface area contributed by atoms with Gasteiger partial charge in [0.15, 0.2) is 0 Å². The van der Waals surface area contributed by atoms with Crippen LogP contribution in [-0.2, 0) is 24.6 Å². The first-order valence-electron chi connectivity index (χ1n) is 12.6. The predicted molar refractivity (Wildman–Crippen MR) is 159 cm³/mol. The molecule has 0 atom stereocenters. The predicted octanol–water partition coefficient (Wildman–Crippen LogP) is 6.22. The molecule has 0 radical (unpaired) electrons. The summed E-state index contributed by atoms with van der Waals surface area (Å²) < 4.78 is 26.6. The number of carbonyl (C=O) groups excluding carboxylic acids is 1. The minimum absolute atomic E-state index is 0. The van der Waals surface area contributed by atoms with Crippen LogP contribution in [0.5, 0.6) is 11.5 Å². The van der Waals surface area contributed by atoms with Crippen molar-refractivity contribution in [2.45, 2.75) is 26.7 Å². The van der Waals surface area contributed by atoms with Crippen LogP contribution in [0.2, 0.25) is 5.02 Å². The van der Waals surface area contributed by atoms with Gasteiger partial charge in [-0.05, 0) is 18.2 Å². The Balaban J connectivity index is 0.00000462. The van der Waals surface area contributed by atoms with E-state index in [9.17, 15) is 9.18 Å². The second-order valence-electron chi connectivity index (χ2n) is 8.96. The lowest BCUT2D eigenvalue weighted by molar-refractivity contribution is -0.118. The van der Waals surface area contributed by atoms with Gasteiger partial charge < -0.3 is 20.1 Å². The number of rotatable bonds is 12. The van der Waals surface area contributed by atoms with E-state index in [1.165, 1.54) is 19.2 Å². The van der Waals surface area contributed by atoms with Crippen molar-refractivity contribution in [3.05, 3.63) is 112 Å². The zero-order chi connectivity index (χ0) is 28.3. The Kier molecular flexibility index (Phi) is 11.9. The summed E-state index contributed by atoms with van der Waals surface area (Å²) in [7, 11) is 0. The van der Waals surface area contributed by atoms with Crippen molar-refractivity contribution in [2.24, 2.45) is 0 Å². The van der Waals surface area contributed by atoms with E-state index in [1.807, 2.05) is 24.3 Å². The highest BCUT2D eigenvalue weighted by Crippen LogP contribution is 2.33. The molecule has 3 aromatic carbocycles. The maximum atomic E-state index is 14.4. The van der Waals surface area contributed by atoms with Gasteiger partial charge in [-0.3, -0.25) is 9.78 Å². The van der Waals surface area contributed by atoms with E-state index < -0.39 is 0 Å². The number of aromatic nitrogens is 1. The van der Waals surface area contributed by atoms with Gasteiger partial charge >= 0.3 is 0 Å². The summed E-state index contributed by atoms with van der Waals surface area (Å²) in [5.41, 5.74) is 3.83. The van der Waals surface area contributed by atoms with Gasteiger partial charge in [-0.1, -0.05) is 54.1 Å². The average Bonchev–Trinajstić information content (AvgIpc) is 2.96. The van der Waals surface area contributed by atoms with Crippen molar-refractivity contribution >= 4 is 29.9 Å². The maximum absolute atomic E-state index is 14.4. The number of carbonyl (C=O) groups is 1. The number of ether oxygens (including phenoxy) is 2. The molecule has 0 spiro atoms. The summed E-state index contributed by atoms with van der Waals surface area (Å²) in [6.07, 6.45) is 3.14. The van der Waals surface area contributed by atoms with Crippen molar-refractivity contribution in [1.82, 2.24) is 15.6 Å². The van der Waals surface area contributed by atoms with Gasteiger partial charge in [-0.15, -0.1) is 12.4 Å². The van der Waals surface area contributed by atoms with E-state index in [-0.39, 0.29) is 37.3 Å². The van der Waals surface area contributed by atoms with Gasteiger partial charge in [0, 0.05) is 72.8 Å². The Morgan fingerprint density at radius 2 is 1.78 bits per heavy atom. The first-order valence-corrected chi connectivity index (χ1v) is 13.0. The lowest BCUT2D eigenvalue weighted by Gasteiger charge is -2.16. The number of hydrogen-bond acceptors (Lipinski definition) is 6. The molecule has 41 heavy (non-hydrogen) atoms. The van der Waals surface area contributed by atoms with Crippen molar-refractivity contribution in [3.8, 4) is 28.7 Å². The quantitative estimate of drug-likeness (QED) is 0.189. The number of benzene rings is 3. The number of halogens is 3. The van der Waals surface area contributed by atoms with E-state index >= 15 is 0 Å². The number of pyridine rings is 1. The van der Waals surface area contributed by atoms with Crippen molar-refractivity contribution in [3.63, 3.8) is 0 Å². The van der Waals surface area contributed by atoms with E-state index in [0.717, 1.165) is 11.1 Å². The molecule has 0 aliphatic rings. The summed E-state index contributed by atoms with van der Waals surface area (Å²) >= 11 is 6.65. The number of amides is 1. The Morgan fingerprint density at radius 1 is 0.976 bits per heavy atom. The molecule has 0 saturated carbocycles. The first kappa shape index (κ1) is 31.4. The fraction of sp³-hybridized carbons (Fsp3) is 0.194. The highest BCUT2D eigenvalue weighted by Gasteiger charge is 2.13. The largest absolute Gasteiger partial charge is 0.489 e. The van der Waals surface area contributed by atoms with Crippen LogP contribution in [0.4, 0.5) is 4.39 Å². The molecule has 0 aliphatic heterocycles. The van der Waals surface area contributed by atoms with Crippen LogP contribution >= 0.6 is 24.0 Å². The molecular formula is C31H29Cl2FN4O3. The zero-order valence-electron chi connectivity index (χ0n) is 22.3. The molecule has 0 saturated heterocycles. The summed E-state index contributed by atoms with van der Waals surface area (Å²) in [5, 5.41) is 15.6. The molecular weight excluding hydrogens is 566 g/mol. The third-order valence-corrected chi connectivity index (χ3v) is 6.43. The van der Waals surface area contributed by atoms with Crippen molar-refractivity contribution < 1.29 is 18.7 Å². The third kappa shape index (κ3) is 8.92. The van der Waals surface area contributed by atoms with Crippen LogP contribution in [0, 0.1) is 17.1 Å². The average molecular weight is 596 g/mol. The number of nitrogens with one attached hydrogen (secondary N) is 2. The Hall–Kier alpha value is -4.16. The summed E-state index contributed by atoms with van der Waals surface area (Å²) in [4.78, 5) is 15.2. The monoisotopic (exact) mass is 594 g/mol. The standard InChI is InChI=1S/C31H28ClFN4O3.ClH/c1-21(38)37-12-11-35-18-24-9-10-26(14-30(24)40-19-23-13-22(15-34)16-36-17-23)39-20-25-5-4-7-28(31(25)32)27-6-2-3-8-29(27)33;/h2-10,13-14,16-17,35H,11-12,18-20H2,1H3,(H,37,38);1H. The highest BCUT2D eigenvalue weighted by atomic mass is 35.5. The van der Waals surface area contributed by atoms with Crippen molar-refractivity contribution in [2.75, 3.05) is 13.1 Å². The fourth-order valence-corrected chi connectivity index (χ4v) is 4.27. The number of nitrogens with zero attached hydrogens (tertiary/aromatic N) is 2. The van der Waals surface area contributed by atoms with Crippen LogP contribution in [0.3, 0.4) is 0 Å².